The van der Waals surface area contributed by atoms with Crippen LogP contribution in [0, 0.1) is 11.8 Å². The van der Waals surface area contributed by atoms with Crippen molar-refractivity contribution in [2.75, 3.05) is 6.54 Å². The third-order valence-electron chi connectivity index (χ3n) is 2.45. The summed E-state index contributed by atoms with van der Waals surface area (Å²) in [5, 5.41) is 10.1. The molecule has 2 nitrogen and oxygen atoms in total. The molecule has 1 aliphatic rings. The lowest BCUT2D eigenvalue weighted by Crippen LogP contribution is -2.41. The molecule has 0 aromatic carbocycles. The Kier molecular flexibility index (Phi) is 4.46. The molecule has 1 rings (SSSR count). The molecule has 0 saturated heterocycles. The van der Waals surface area contributed by atoms with Crippen molar-refractivity contribution in [1.82, 2.24) is 4.81 Å². The fraction of sp³-hybridized carbons (Fsp3) is 0.667. The van der Waals surface area contributed by atoms with E-state index in [9.17, 15) is 5.02 Å². The molecule has 0 atom stereocenters. The first-order chi connectivity index (χ1) is 7.00. The third kappa shape index (κ3) is 3.75. The van der Waals surface area contributed by atoms with Gasteiger partial charge < -0.3 is 9.83 Å². The minimum Gasteiger partial charge on any atom is -0.429 e. The summed E-state index contributed by atoms with van der Waals surface area (Å²) in [6, 6.07) is 0. The topological polar surface area (TPSA) is 23.5 Å². The van der Waals surface area contributed by atoms with Gasteiger partial charge in [0, 0.05) is 6.54 Å². The van der Waals surface area contributed by atoms with Gasteiger partial charge in [-0.3, -0.25) is 0 Å². The van der Waals surface area contributed by atoms with Crippen LogP contribution < -0.4 is 0 Å². The van der Waals surface area contributed by atoms with E-state index >= 15 is 0 Å². The molecule has 0 unspecified atom stereocenters. The highest BCUT2D eigenvalue weighted by Crippen LogP contribution is 2.19. The molecular formula is C12H22BNO. The maximum atomic E-state index is 10.1. The normalized spacial score (nSPS) is 16.6. The second-order valence-electron chi connectivity index (χ2n) is 5.15. The summed E-state index contributed by atoms with van der Waals surface area (Å²) in [6.45, 7) is 9.60. The molecule has 0 aliphatic carbocycles. The van der Waals surface area contributed by atoms with E-state index in [0.717, 1.165) is 18.4 Å². The lowest BCUT2D eigenvalue weighted by molar-refractivity contribution is 0.399. The second-order valence-corrected chi connectivity index (χ2v) is 5.15. The SMILES string of the molecule is CC(C)CC1=CC=CN(CC(C)C)B1O. The van der Waals surface area contributed by atoms with Crippen molar-refractivity contribution in [3.63, 3.8) is 0 Å². The molecule has 84 valence electrons. The van der Waals surface area contributed by atoms with Gasteiger partial charge in [-0.2, -0.15) is 0 Å². The highest BCUT2D eigenvalue weighted by molar-refractivity contribution is 6.56. The van der Waals surface area contributed by atoms with E-state index in [2.05, 4.69) is 27.7 Å². The second kappa shape index (κ2) is 5.41. The lowest BCUT2D eigenvalue weighted by Gasteiger charge is -2.29. The maximum absolute atomic E-state index is 10.1. The van der Waals surface area contributed by atoms with Crippen molar-refractivity contribution in [2.45, 2.75) is 34.1 Å². The Bertz CT molecular complexity index is 258. The number of allylic oxidation sites excluding steroid dienone is 3. The maximum Gasteiger partial charge on any atom is 0.444 e. The van der Waals surface area contributed by atoms with Crippen LogP contribution in [0.5, 0.6) is 0 Å². The third-order valence-corrected chi connectivity index (χ3v) is 2.45. The van der Waals surface area contributed by atoms with Gasteiger partial charge in [-0.15, -0.1) is 0 Å². The smallest absolute Gasteiger partial charge is 0.429 e. The molecule has 0 saturated carbocycles. The van der Waals surface area contributed by atoms with Crippen LogP contribution in [0.15, 0.2) is 23.8 Å². The van der Waals surface area contributed by atoms with E-state index in [1.165, 1.54) is 0 Å². The molecule has 15 heavy (non-hydrogen) atoms. The molecule has 0 bridgehead atoms. The number of rotatable bonds is 4. The zero-order chi connectivity index (χ0) is 11.4. The van der Waals surface area contributed by atoms with E-state index in [1.54, 1.807) is 0 Å². The van der Waals surface area contributed by atoms with Crippen LogP contribution in [0.4, 0.5) is 0 Å². The zero-order valence-electron chi connectivity index (χ0n) is 10.3. The van der Waals surface area contributed by atoms with Crippen LogP contribution in [0.1, 0.15) is 34.1 Å². The van der Waals surface area contributed by atoms with Gasteiger partial charge >= 0.3 is 7.05 Å². The van der Waals surface area contributed by atoms with E-state index in [4.69, 9.17) is 0 Å². The Labute approximate surface area is 93.8 Å². The fourth-order valence-electron chi connectivity index (χ4n) is 1.88. The Morgan fingerprint density at radius 3 is 2.47 bits per heavy atom. The van der Waals surface area contributed by atoms with Crippen molar-refractivity contribution < 1.29 is 5.02 Å². The first-order valence-electron chi connectivity index (χ1n) is 5.81. The molecule has 1 N–H and O–H groups in total. The molecule has 0 amide bonds. The summed E-state index contributed by atoms with van der Waals surface area (Å²) < 4.78 is 0. The van der Waals surface area contributed by atoms with Crippen LogP contribution in [-0.2, 0) is 0 Å². The van der Waals surface area contributed by atoms with E-state index in [0.29, 0.717) is 11.8 Å². The molecule has 1 heterocycles. The summed E-state index contributed by atoms with van der Waals surface area (Å²) in [6.07, 6.45) is 7.03. The lowest BCUT2D eigenvalue weighted by atomic mass is 9.66. The van der Waals surface area contributed by atoms with Gasteiger partial charge in [-0.1, -0.05) is 33.8 Å². The molecule has 0 spiro atoms. The minimum absolute atomic E-state index is 0.417. The quantitative estimate of drug-likeness (QED) is 0.716. The van der Waals surface area contributed by atoms with Crippen LogP contribution in [-0.4, -0.2) is 23.4 Å². The van der Waals surface area contributed by atoms with Crippen LogP contribution in [0.25, 0.3) is 0 Å². The molecule has 0 aromatic rings. The van der Waals surface area contributed by atoms with Gasteiger partial charge in [0.2, 0.25) is 0 Å². The molecule has 3 heteroatoms. The average Bonchev–Trinajstić information content (AvgIpc) is 2.10. The van der Waals surface area contributed by atoms with Crippen molar-refractivity contribution >= 4 is 7.05 Å². The van der Waals surface area contributed by atoms with Gasteiger partial charge in [0.25, 0.3) is 0 Å². The molecule has 0 aromatic heterocycles. The number of nitrogens with zero attached hydrogens (tertiary/aromatic N) is 1. The average molecular weight is 207 g/mol. The molecular weight excluding hydrogens is 185 g/mol. The number of hydrogen-bond acceptors (Lipinski definition) is 2. The highest BCUT2D eigenvalue weighted by Gasteiger charge is 2.26. The highest BCUT2D eigenvalue weighted by atomic mass is 16.2. The van der Waals surface area contributed by atoms with Gasteiger partial charge in [-0.25, -0.2) is 0 Å². The monoisotopic (exact) mass is 207 g/mol. The Hall–Kier alpha value is -0.695. The van der Waals surface area contributed by atoms with E-state index in [-0.39, 0.29) is 0 Å². The number of hydrogen-bond donors (Lipinski definition) is 1. The molecule has 0 radical (unpaired) electrons. The summed E-state index contributed by atoms with van der Waals surface area (Å²) in [5.41, 5.74) is 1.13. The Balaban J connectivity index is 2.61. The van der Waals surface area contributed by atoms with Crippen molar-refractivity contribution in [3.05, 3.63) is 23.8 Å². The van der Waals surface area contributed by atoms with Crippen LogP contribution in [0.3, 0.4) is 0 Å². The summed E-state index contributed by atoms with van der Waals surface area (Å²) in [7, 11) is -0.417. The summed E-state index contributed by atoms with van der Waals surface area (Å²) in [5.74, 6) is 1.17. The van der Waals surface area contributed by atoms with Crippen molar-refractivity contribution in [2.24, 2.45) is 11.8 Å². The molecule has 1 aliphatic heterocycles. The minimum atomic E-state index is -0.417. The van der Waals surface area contributed by atoms with Crippen molar-refractivity contribution in [1.29, 1.82) is 0 Å². The predicted octanol–water partition coefficient (Wildman–Crippen LogP) is 2.46. The summed E-state index contributed by atoms with van der Waals surface area (Å²) in [4.78, 5) is 2.02. The fourth-order valence-corrected chi connectivity index (χ4v) is 1.88. The van der Waals surface area contributed by atoms with Crippen LogP contribution in [0.2, 0.25) is 0 Å². The standard InChI is InChI=1S/C12H22BNO/c1-10(2)8-12-6-5-7-14(13(12)15)9-11(3)4/h5-7,10-11,15H,8-9H2,1-4H3. The van der Waals surface area contributed by atoms with E-state index in [1.807, 2.05) is 23.2 Å². The van der Waals surface area contributed by atoms with Gasteiger partial charge in [0.15, 0.2) is 0 Å². The molecule has 0 fully saturated rings. The zero-order valence-corrected chi connectivity index (χ0v) is 10.3. The van der Waals surface area contributed by atoms with Gasteiger partial charge in [0.1, 0.15) is 0 Å². The van der Waals surface area contributed by atoms with Gasteiger partial charge in [0.05, 0.1) is 0 Å². The Morgan fingerprint density at radius 2 is 1.93 bits per heavy atom. The predicted molar refractivity (Wildman–Crippen MR) is 66.2 cm³/mol. The van der Waals surface area contributed by atoms with Crippen LogP contribution >= 0.6 is 0 Å². The summed E-state index contributed by atoms with van der Waals surface area (Å²) >= 11 is 0. The van der Waals surface area contributed by atoms with E-state index < -0.39 is 7.05 Å². The largest absolute Gasteiger partial charge is 0.444 e. The van der Waals surface area contributed by atoms with Crippen molar-refractivity contribution in [3.8, 4) is 0 Å². The Morgan fingerprint density at radius 1 is 1.27 bits per heavy atom. The first kappa shape index (κ1) is 12.4. The first-order valence-corrected chi connectivity index (χ1v) is 5.81. The van der Waals surface area contributed by atoms with Gasteiger partial charge in [-0.05, 0) is 36.0 Å².